The van der Waals surface area contributed by atoms with E-state index in [0.29, 0.717) is 5.69 Å². The quantitative estimate of drug-likeness (QED) is 0.674. The van der Waals surface area contributed by atoms with Gasteiger partial charge >= 0.3 is 6.18 Å². The van der Waals surface area contributed by atoms with Crippen molar-refractivity contribution in [3.63, 3.8) is 0 Å². The Hall–Kier alpha value is -1.44. The minimum atomic E-state index is -4.38. The van der Waals surface area contributed by atoms with Gasteiger partial charge in [-0.15, -0.1) is 11.3 Å². The van der Waals surface area contributed by atoms with E-state index in [-0.39, 0.29) is 0 Å². The molecule has 0 spiro atoms. The van der Waals surface area contributed by atoms with Gasteiger partial charge in [0.15, 0.2) is 0 Å². The summed E-state index contributed by atoms with van der Waals surface area (Å²) in [7, 11) is 0. The van der Waals surface area contributed by atoms with Crippen LogP contribution in [0.25, 0.3) is 0 Å². The van der Waals surface area contributed by atoms with Crippen LogP contribution in [0.5, 0.6) is 0 Å². The van der Waals surface area contributed by atoms with Gasteiger partial charge in [0, 0.05) is 11.1 Å². The van der Waals surface area contributed by atoms with Crippen molar-refractivity contribution in [1.82, 2.24) is 10.4 Å². The molecule has 3 N–H and O–H groups in total. The van der Waals surface area contributed by atoms with E-state index in [1.54, 1.807) is 0 Å². The molecule has 2 rings (SSSR count). The number of hydrogen-bond donors (Lipinski definition) is 2. The molecule has 102 valence electrons. The van der Waals surface area contributed by atoms with E-state index in [1.165, 1.54) is 17.4 Å². The van der Waals surface area contributed by atoms with E-state index in [1.807, 2.05) is 18.4 Å². The van der Waals surface area contributed by atoms with Crippen molar-refractivity contribution in [1.29, 1.82) is 0 Å². The average molecular weight is 287 g/mol. The van der Waals surface area contributed by atoms with Crippen LogP contribution in [-0.4, -0.2) is 4.98 Å². The minimum Gasteiger partial charge on any atom is -0.270 e. The number of nitrogens with zero attached hydrogens (tertiary/aromatic N) is 1. The summed E-state index contributed by atoms with van der Waals surface area (Å²) in [5, 5.41) is 1.90. The topological polar surface area (TPSA) is 50.9 Å². The zero-order valence-electron chi connectivity index (χ0n) is 10.0. The Labute approximate surface area is 112 Å². The fraction of sp³-hybridized carbons (Fsp3) is 0.250. The van der Waals surface area contributed by atoms with Crippen LogP contribution < -0.4 is 11.3 Å². The Kier molecular flexibility index (Phi) is 3.88. The maximum atomic E-state index is 12.5. The molecule has 19 heavy (non-hydrogen) atoms. The van der Waals surface area contributed by atoms with Crippen molar-refractivity contribution in [2.45, 2.75) is 19.1 Å². The first-order valence-electron chi connectivity index (χ1n) is 5.46. The van der Waals surface area contributed by atoms with E-state index in [0.717, 1.165) is 22.7 Å². The molecule has 1 atom stereocenters. The van der Waals surface area contributed by atoms with E-state index in [9.17, 15) is 13.2 Å². The molecule has 3 nitrogen and oxygen atoms in total. The summed E-state index contributed by atoms with van der Waals surface area (Å²) in [6, 6.07) is 3.87. The number of hydrazine groups is 1. The van der Waals surface area contributed by atoms with E-state index >= 15 is 0 Å². The van der Waals surface area contributed by atoms with Gasteiger partial charge in [-0.2, -0.15) is 13.2 Å². The van der Waals surface area contributed by atoms with Crippen molar-refractivity contribution in [2.75, 3.05) is 0 Å². The van der Waals surface area contributed by atoms with Crippen molar-refractivity contribution in [3.8, 4) is 0 Å². The summed E-state index contributed by atoms with van der Waals surface area (Å²) in [6.07, 6.45) is -3.56. The van der Waals surface area contributed by atoms with Crippen molar-refractivity contribution in [2.24, 2.45) is 5.84 Å². The van der Waals surface area contributed by atoms with Crippen LogP contribution in [-0.2, 0) is 6.18 Å². The van der Waals surface area contributed by atoms with E-state index in [4.69, 9.17) is 5.84 Å². The second kappa shape index (κ2) is 5.28. The third-order valence-corrected chi connectivity index (χ3v) is 3.82. The highest BCUT2D eigenvalue weighted by Gasteiger charge is 2.31. The SMILES string of the molecule is Cc1ccsc1C(NN)c1ccc(C(F)(F)F)cn1. The third-order valence-electron chi connectivity index (χ3n) is 2.74. The van der Waals surface area contributed by atoms with Gasteiger partial charge < -0.3 is 0 Å². The van der Waals surface area contributed by atoms with Crippen molar-refractivity contribution >= 4 is 11.3 Å². The molecule has 0 aliphatic rings. The third kappa shape index (κ3) is 2.94. The van der Waals surface area contributed by atoms with Crippen LogP contribution in [0.15, 0.2) is 29.8 Å². The fourth-order valence-electron chi connectivity index (χ4n) is 1.72. The molecule has 0 amide bonds. The molecule has 0 radical (unpaired) electrons. The number of hydrogen-bond acceptors (Lipinski definition) is 4. The second-order valence-electron chi connectivity index (χ2n) is 4.04. The number of thiophene rings is 1. The summed E-state index contributed by atoms with van der Waals surface area (Å²) < 4.78 is 37.4. The van der Waals surface area contributed by atoms with Crippen LogP contribution >= 0.6 is 11.3 Å². The monoisotopic (exact) mass is 287 g/mol. The van der Waals surface area contributed by atoms with Gasteiger partial charge in [0.25, 0.3) is 0 Å². The standard InChI is InChI=1S/C12H12F3N3S/c1-7-4-5-19-11(7)10(18-16)9-3-2-8(6-17-9)12(13,14)15/h2-6,10,18H,16H2,1H3. The zero-order chi connectivity index (χ0) is 14.0. The molecule has 0 aromatic carbocycles. The molecule has 0 fully saturated rings. The maximum absolute atomic E-state index is 12.5. The van der Waals surface area contributed by atoms with Crippen LogP contribution in [0.2, 0.25) is 0 Å². The molecule has 2 aromatic heterocycles. The van der Waals surface area contributed by atoms with Gasteiger partial charge in [-0.1, -0.05) is 0 Å². The lowest BCUT2D eigenvalue weighted by molar-refractivity contribution is -0.137. The Morgan fingerprint density at radius 1 is 1.32 bits per heavy atom. The van der Waals surface area contributed by atoms with Crippen molar-refractivity contribution < 1.29 is 13.2 Å². The molecule has 0 saturated heterocycles. The normalized spacial score (nSPS) is 13.5. The largest absolute Gasteiger partial charge is 0.417 e. The van der Waals surface area contributed by atoms with Gasteiger partial charge in [0.2, 0.25) is 0 Å². The van der Waals surface area contributed by atoms with Crippen LogP contribution in [0, 0.1) is 6.92 Å². The first-order chi connectivity index (χ1) is 8.93. The van der Waals surface area contributed by atoms with Crippen LogP contribution in [0.3, 0.4) is 0 Å². The molecule has 7 heteroatoms. The van der Waals surface area contributed by atoms with Gasteiger partial charge in [-0.05, 0) is 36.1 Å². The predicted molar refractivity (Wildman–Crippen MR) is 67.5 cm³/mol. The number of aryl methyl sites for hydroxylation is 1. The summed E-state index contributed by atoms with van der Waals surface area (Å²) in [4.78, 5) is 4.80. The number of aromatic nitrogens is 1. The summed E-state index contributed by atoms with van der Waals surface area (Å²) in [5.41, 5.74) is 3.30. The number of alkyl halides is 3. The Morgan fingerprint density at radius 3 is 2.47 bits per heavy atom. The maximum Gasteiger partial charge on any atom is 0.417 e. The molecule has 2 aromatic rings. The highest BCUT2D eigenvalue weighted by molar-refractivity contribution is 7.10. The zero-order valence-corrected chi connectivity index (χ0v) is 10.8. The van der Waals surface area contributed by atoms with Gasteiger partial charge in [0.1, 0.15) is 0 Å². The average Bonchev–Trinajstić information content (AvgIpc) is 2.76. The Bertz CT molecular complexity index is 548. The summed E-state index contributed by atoms with van der Waals surface area (Å²) in [6.45, 7) is 1.92. The molecule has 0 aliphatic heterocycles. The highest BCUT2D eigenvalue weighted by atomic mass is 32.1. The predicted octanol–water partition coefficient (Wildman–Crippen LogP) is 3.02. The van der Waals surface area contributed by atoms with E-state index < -0.39 is 17.8 Å². The Balaban J connectivity index is 2.33. The number of nitrogens with two attached hydrogens (primary N) is 1. The lowest BCUT2D eigenvalue weighted by Crippen LogP contribution is -2.29. The van der Waals surface area contributed by atoms with Gasteiger partial charge in [0.05, 0.1) is 17.3 Å². The molecular formula is C12H12F3N3S. The summed E-state index contributed by atoms with van der Waals surface area (Å²) >= 11 is 1.48. The smallest absolute Gasteiger partial charge is 0.270 e. The second-order valence-corrected chi connectivity index (χ2v) is 4.98. The summed E-state index contributed by atoms with van der Waals surface area (Å²) in [5.74, 6) is 5.48. The number of pyridine rings is 1. The van der Waals surface area contributed by atoms with Crippen LogP contribution in [0.1, 0.15) is 27.7 Å². The fourth-order valence-corrected chi connectivity index (χ4v) is 2.72. The number of halogens is 3. The molecule has 0 saturated carbocycles. The lowest BCUT2D eigenvalue weighted by atomic mass is 10.1. The molecule has 1 unspecified atom stereocenters. The molecule has 0 bridgehead atoms. The minimum absolute atomic E-state index is 0.401. The van der Waals surface area contributed by atoms with Crippen molar-refractivity contribution in [3.05, 3.63) is 51.5 Å². The number of rotatable bonds is 3. The first-order valence-corrected chi connectivity index (χ1v) is 6.34. The highest BCUT2D eigenvalue weighted by Crippen LogP contribution is 2.31. The van der Waals surface area contributed by atoms with Gasteiger partial charge in [-0.25, -0.2) is 5.43 Å². The molecule has 0 aliphatic carbocycles. The molecule has 2 heterocycles. The van der Waals surface area contributed by atoms with E-state index in [2.05, 4.69) is 10.4 Å². The Morgan fingerprint density at radius 2 is 2.05 bits per heavy atom. The lowest BCUT2D eigenvalue weighted by Gasteiger charge is -2.16. The number of nitrogens with one attached hydrogen (secondary N) is 1. The first kappa shape index (κ1) is 14.0. The van der Waals surface area contributed by atoms with Crippen LogP contribution in [0.4, 0.5) is 13.2 Å². The van der Waals surface area contributed by atoms with Gasteiger partial charge in [-0.3, -0.25) is 10.8 Å². The molecular weight excluding hydrogens is 275 g/mol.